The van der Waals surface area contributed by atoms with Gasteiger partial charge in [-0.2, -0.15) is 13.2 Å². The Hall–Kier alpha value is -4.24. The molecule has 0 saturated carbocycles. The zero-order valence-electron chi connectivity index (χ0n) is 31.8. The van der Waals surface area contributed by atoms with Crippen LogP contribution in [0.2, 0.25) is 5.02 Å². The van der Waals surface area contributed by atoms with Gasteiger partial charge in [-0.1, -0.05) is 36.7 Å². The molecule has 0 aliphatic carbocycles. The number of carbonyl (C=O) groups is 4. The zero-order chi connectivity index (χ0) is 40.0. The number of benzene rings is 2. The number of carbonyl (C=O) groups excluding carboxylic acids is 4. The summed E-state index contributed by atoms with van der Waals surface area (Å²) in [4.78, 5) is 60.0. The van der Waals surface area contributed by atoms with Crippen LogP contribution in [0.15, 0.2) is 36.4 Å². The van der Waals surface area contributed by atoms with Crippen molar-refractivity contribution >= 4 is 47.0 Å². The number of esters is 1. The van der Waals surface area contributed by atoms with Gasteiger partial charge in [0.25, 0.3) is 5.91 Å². The molecule has 3 saturated heterocycles. The number of urea groups is 1. The number of nitrogens with zero attached hydrogens (tertiary/aromatic N) is 4. The second-order valence-electron chi connectivity index (χ2n) is 15.4. The number of nitrogen functional groups attached to an aromatic ring is 1. The van der Waals surface area contributed by atoms with Gasteiger partial charge in [0, 0.05) is 50.9 Å². The van der Waals surface area contributed by atoms with Crippen LogP contribution in [0, 0.1) is 11.8 Å². The number of rotatable bonds is 10. The fourth-order valence-corrected chi connectivity index (χ4v) is 8.78. The predicted octanol–water partition coefficient (Wildman–Crippen LogP) is 6.45. The van der Waals surface area contributed by atoms with Crippen molar-refractivity contribution in [1.29, 1.82) is 0 Å². The molecular formula is C40H52ClF3N6O6. The van der Waals surface area contributed by atoms with Crippen LogP contribution in [0.25, 0.3) is 0 Å². The number of para-hydroxylation sites is 1. The minimum atomic E-state index is -4.78. The van der Waals surface area contributed by atoms with Gasteiger partial charge in [0.05, 0.1) is 29.4 Å². The van der Waals surface area contributed by atoms with Gasteiger partial charge < -0.3 is 35.2 Å². The molecule has 6 rings (SSSR count). The number of likely N-dealkylation sites (tertiary alicyclic amines) is 3. The first kappa shape index (κ1) is 41.4. The number of amides is 4. The van der Waals surface area contributed by atoms with Crippen molar-refractivity contribution in [2.45, 2.75) is 83.0 Å². The smallest absolute Gasteiger partial charge is 0.418 e. The summed E-state index contributed by atoms with van der Waals surface area (Å²) >= 11 is 6.14. The average Bonchev–Trinajstić information content (AvgIpc) is 3.35. The van der Waals surface area contributed by atoms with E-state index in [-0.39, 0.29) is 54.7 Å². The van der Waals surface area contributed by atoms with Crippen molar-refractivity contribution in [1.82, 2.24) is 19.6 Å². The highest BCUT2D eigenvalue weighted by Gasteiger charge is 2.39. The largest absolute Gasteiger partial charge is 0.465 e. The third-order valence-electron chi connectivity index (χ3n) is 11.7. The molecule has 4 aliphatic heterocycles. The lowest BCUT2D eigenvalue weighted by atomic mass is 9.78. The summed E-state index contributed by atoms with van der Waals surface area (Å²) in [6.45, 7) is 6.18. The first-order chi connectivity index (χ1) is 26.8. The number of ether oxygens (including phenoxy) is 2. The Morgan fingerprint density at radius 2 is 1.57 bits per heavy atom. The molecular weight excluding hydrogens is 753 g/mol. The lowest BCUT2D eigenvalue weighted by Crippen LogP contribution is -2.52. The molecule has 4 aliphatic rings. The molecule has 1 atom stereocenters. The molecule has 0 bridgehead atoms. The monoisotopic (exact) mass is 804 g/mol. The number of nitrogens with two attached hydrogens (primary N) is 1. The Bertz CT molecular complexity index is 1720. The van der Waals surface area contributed by atoms with Gasteiger partial charge in [0.2, 0.25) is 0 Å². The number of alkyl halides is 3. The van der Waals surface area contributed by atoms with Gasteiger partial charge in [-0.05, 0) is 106 Å². The van der Waals surface area contributed by atoms with Gasteiger partial charge in [-0.3, -0.25) is 14.5 Å². The lowest BCUT2D eigenvalue weighted by molar-refractivity contribution is -0.145. The second kappa shape index (κ2) is 18.4. The predicted molar refractivity (Wildman–Crippen MR) is 205 cm³/mol. The van der Waals surface area contributed by atoms with Gasteiger partial charge in [0.15, 0.2) is 6.10 Å². The van der Waals surface area contributed by atoms with E-state index >= 15 is 0 Å². The summed E-state index contributed by atoms with van der Waals surface area (Å²) in [6.07, 6.45) is -1.43. The molecule has 56 heavy (non-hydrogen) atoms. The highest BCUT2D eigenvalue weighted by atomic mass is 35.5. The van der Waals surface area contributed by atoms with Crippen LogP contribution >= 0.6 is 11.6 Å². The van der Waals surface area contributed by atoms with Crippen molar-refractivity contribution in [2.24, 2.45) is 11.8 Å². The summed E-state index contributed by atoms with van der Waals surface area (Å²) in [5.41, 5.74) is 5.85. The zero-order valence-corrected chi connectivity index (χ0v) is 32.6. The Morgan fingerprint density at radius 3 is 2.23 bits per heavy atom. The number of piperidine rings is 3. The van der Waals surface area contributed by atoms with Gasteiger partial charge in [-0.25, -0.2) is 9.59 Å². The molecule has 0 spiro atoms. The van der Waals surface area contributed by atoms with Crippen molar-refractivity contribution in [2.75, 3.05) is 70.0 Å². The molecule has 3 N–H and O–H groups in total. The maximum absolute atomic E-state index is 14.1. The van der Waals surface area contributed by atoms with Crippen LogP contribution < -0.4 is 11.1 Å². The minimum Gasteiger partial charge on any atom is -0.465 e. The third kappa shape index (κ3) is 10.2. The van der Waals surface area contributed by atoms with Gasteiger partial charge in [-0.15, -0.1) is 0 Å². The topological polar surface area (TPSA) is 138 Å². The molecule has 2 aromatic carbocycles. The maximum atomic E-state index is 14.1. The molecule has 0 radical (unpaired) electrons. The van der Waals surface area contributed by atoms with Crippen LogP contribution in [-0.4, -0.2) is 115 Å². The first-order valence-corrected chi connectivity index (χ1v) is 20.1. The van der Waals surface area contributed by atoms with Crippen molar-refractivity contribution in [3.63, 3.8) is 0 Å². The van der Waals surface area contributed by atoms with E-state index < -0.39 is 35.5 Å². The number of hydrogen-bond acceptors (Lipinski definition) is 8. The van der Waals surface area contributed by atoms with E-state index in [1.54, 1.807) is 9.80 Å². The Labute approximate surface area is 330 Å². The summed E-state index contributed by atoms with van der Waals surface area (Å²) < 4.78 is 52.8. The van der Waals surface area contributed by atoms with Crippen LogP contribution in [0.4, 0.5) is 34.1 Å². The SMILES string of the molecule is CCCOC(=O)CN1CCC(C2CCN(C(=O)[C@@H](Cc3cc(Cl)c(N)c(C(F)(F)F)c3)OC(=O)N3CCC(N4CCc5ccccc5NC4=O)CC3)CC2)CC1. The van der Waals surface area contributed by atoms with Crippen LogP contribution in [-0.2, 0) is 38.1 Å². The van der Waals surface area contributed by atoms with Crippen LogP contribution in [0.5, 0.6) is 0 Å². The average molecular weight is 805 g/mol. The van der Waals surface area contributed by atoms with E-state index in [0.29, 0.717) is 57.3 Å². The number of anilines is 2. The van der Waals surface area contributed by atoms with Crippen LogP contribution in [0.3, 0.4) is 0 Å². The molecule has 4 heterocycles. The molecule has 306 valence electrons. The quantitative estimate of drug-likeness (QED) is 0.207. The molecule has 16 heteroatoms. The first-order valence-electron chi connectivity index (χ1n) is 19.7. The van der Waals surface area contributed by atoms with E-state index in [9.17, 15) is 32.3 Å². The van der Waals surface area contributed by atoms with Crippen molar-refractivity contribution < 1.29 is 41.8 Å². The number of hydrogen-bond donors (Lipinski definition) is 2. The Morgan fingerprint density at radius 1 is 0.929 bits per heavy atom. The lowest BCUT2D eigenvalue weighted by Gasteiger charge is -2.41. The Kier molecular flexibility index (Phi) is 13.6. The summed E-state index contributed by atoms with van der Waals surface area (Å²) in [5.74, 6) is 0.136. The van der Waals surface area contributed by atoms with Crippen LogP contribution in [0.1, 0.15) is 68.6 Å². The highest BCUT2D eigenvalue weighted by molar-refractivity contribution is 6.33. The summed E-state index contributed by atoms with van der Waals surface area (Å²) in [5, 5.41) is 2.68. The molecule has 3 fully saturated rings. The van der Waals surface area contributed by atoms with E-state index in [1.807, 2.05) is 31.2 Å². The fraction of sp³-hybridized carbons (Fsp3) is 0.600. The van der Waals surface area contributed by atoms with E-state index in [4.69, 9.17) is 26.8 Å². The standard InChI is InChI=1S/C40H52ClF3N6O6/c1-2-21-55-35(51)25-47-14-7-27(8-15-47)28-9-16-48(17-10-28)37(52)34(24-26-22-31(40(42,43)44)36(45)32(41)23-26)56-39(54)49-18-12-30(13-19-49)50-20-11-29-5-3-4-6-33(29)46-38(50)53/h3-6,22-23,27-28,30,34H,2,7-21,24-25,45H2,1H3,(H,46,53)/t34-/m1/s1. The number of halogens is 4. The maximum Gasteiger partial charge on any atom is 0.418 e. The molecule has 0 aromatic heterocycles. The van der Waals surface area contributed by atoms with Crippen molar-refractivity contribution in [3.8, 4) is 0 Å². The van der Waals surface area contributed by atoms with Gasteiger partial charge in [0.1, 0.15) is 0 Å². The van der Waals surface area contributed by atoms with E-state index in [2.05, 4.69) is 10.2 Å². The molecule has 0 unspecified atom stereocenters. The summed E-state index contributed by atoms with van der Waals surface area (Å²) in [6, 6.07) is 9.50. The fourth-order valence-electron chi connectivity index (χ4n) is 8.54. The molecule has 2 aromatic rings. The third-order valence-corrected chi connectivity index (χ3v) is 12.0. The number of fused-ring (bicyclic) bond motifs is 1. The normalized spacial score (nSPS) is 19.9. The minimum absolute atomic E-state index is 0.0646. The van der Waals surface area contributed by atoms with Gasteiger partial charge >= 0.3 is 24.3 Å². The molecule has 4 amide bonds. The number of nitrogens with one attached hydrogen (secondary N) is 1. The van der Waals surface area contributed by atoms with E-state index in [1.165, 1.54) is 11.0 Å². The summed E-state index contributed by atoms with van der Waals surface area (Å²) in [7, 11) is 0. The Balaban J connectivity index is 1.08. The molecule has 12 nitrogen and oxygen atoms in total. The second-order valence-corrected chi connectivity index (χ2v) is 15.8. The van der Waals surface area contributed by atoms with E-state index in [0.717, 1.165) is 62.5 Å². The highest BCUT2D eigenvalue weighted by Crippen LogP contribution is 2.39. The van der Waals surface area contributed by atoms with Crippen molar-refractivity contribution in [3.05, 3.63) is 58.1 Å².